The molecular formula is C25H25FN2O5. The van der Waals surface area contributed by atoms with E-state index in [0.717, 1.165) is 22.4 Å². The van der Waals surface area contributed by atoms with Crippen molar-refractivity contribution in [3.05, 3.63) is 81.9 Å². The van der Waals surface area contributed by atoms with E-state index in [0.29, 0.717) is 22.8 Å². The molecule has 0 unspecified atom stereocenters. The molecule has 1 aliphatic heterocycles. The maximum Gasteiger partial charge on any atom is 0.355 e. The summed E-state index contributed by atoms with van der Waals surface area (Å²) in [5.74, 6) is 0.180. The van der Waals surface area contributed by atoms with Gasteiger partial charge in [0.1, 0.15) is 11.5 Å². The summed E-state index contributed by atoms with van der Waals surface area (Å²) in [6.45, 7) is 6.39. The fourth-order valence-corrected chi connectivity index (χ4v) is 3.86. The van der Waals surface area contributed by atoms with E-state index in [1.807, 2.05) is 32.0 Å². The van der Waals surface area contributed by atoms with E-state index in [-0.39, 0.29) is 32.4 Å². The number of benzene rings is 2. The number of ether oxygens (including phenoxy) is 3. The Morgan fingerprint density at radius 3 is 2.52 bits per heavy atom. The molecule has 0 radical (unpaired) electrons. The first kappa shape index (κ1) is 22.4. The fraction of sp³-hybridized carbons (Fsp3) is 0.280. The lowest BCUT2D eigenvalue weighted by Gasteiger charge is -2.24. The molecule has 1 aliphatic rings. The minimum atomic E-state index is -0.434. The monoisotopic (exact) mass is 452 g/mol. The molecule has 0 spiro atoms. The minimum absolute atomic E-state index is 0.162. The van der Waals surface area contributed by atoms with Gasteiger partial charge in [-0.2, -0.15) is 0 Å². The lowest BCUT2D eigenvalue weighted by Crippen LogP contribution is -2.30. The van der Waals surface area contributed by atoms with Gasteiger partial charge in [-0.15, -0.1) is 0 Å². The van der Waals surface area contributed by atoms with Crippen molar-refractivity contribution in [2.45, 2.75) is 33.9 Å². The number of aryl methyl sites for hydroxylation is 1. The van der Waals surface area contributed by atoms with Crippen molar-refractivity contribution in [3.8, 4) is 11.5 Å². The van der Waals surface area contributed by atoms with Crippen LogP contribution in [0.3, 0.4) is 0 Å². The molecule has 0 saturated heterocycles. The number of carbonyl (C=O) groups is 2. The van der Waals surface area contributed by atoms with Gasteiger partial charge in [0.05, 0.1) is 6.61 Å². The zero-order valence-corrected chi connectivity index (χ0v) is 18.7. The van der Waals surface area contributed by atoms with Crippen LogP contribution in [0, 0.1) is 19.7 Å². The number of aromatic amines is 1. The molecule has 33 heavy (non-hydrogen) atoms. The molecule has 0 saturated carbocycles. The minimum Gasteiger partial charge on any atom is -0.461 e. The second-order valence-corrected chi connectivity index (χ2v) is 7.80. The summed E-state index contributed by atoms with van der Waals surface area (Å²) in [5.41, 5.74) is 3.93. The maximum absolute atomic E-state index is 13.4. The van der Waals surface area contributed by atoms with Crippen LogP contribution in [-0.4, -0.2) is 35.2 Å². The summed E-state index contributed by atoms with van der Waals surface area (Å²) >= 11 is 0. The summed E-state index contributed by atoms with van der Waals surface area (Å²) in [6.07, 6.45) is 0. The Balaban J connectivity index is 1.66. The van der Waals surface area contributed by atoms with E-state index in [2.05, 4.69) is 4.98 Å². The van der Waals surface area contributed by atoms with Crippen molar-refractivity contribution >= 4 is 11.9 Å². The number of carbonyl (C=O) groups excluding carboxylic acids is 2. The van der Waals surface area contributed by atoms with Crippen molar-refractivity contribution in [2.24, 2.45) is 0 Å². The van der Waals surface area contributed by atoms with Gasteiger partial charge in [-0.05, 0) is 73.9 Å². The molecule has 0 bridgehead atoms. The number of hydrogen-bond donors (Lipinski definition) is 1. The number of nitrogens with zero attached hydrogens (tertiary/aromatic N) is 1. The zero-order valence-electron chi connectivity index (χ0n) is 18.7. The van der Waals surface area contributed by atoms with Crippen LogP contribution >= 0.6 is 0 Å². The SMILES string of the molecule is CCOC(=O)c1[nH]c(C)c(CN(Cc2ccc3c(c2)OCO3)C(=O)c2ccc(F)cc2)c1C. The summed E-state index contributed by atoms with van der Waals surface area (Å²) in [7, 11) is 0. The lowest BCUT2D eigenvalue weighted by molar-refractivity contribution is 0.0519. The largest absolute Gasteiger partial charge is 0.461 e. The molecule has 0 aliphatic carbocycles. The first-order valence-corrected chi connectivity index (χ1v) is 10.7. The molecule has 3 aromatic rings. The van der Waals surface area contributed by atoms with Crippen LogP contribution in [0.1, 0.15) is 50.2 Å². The maximum atomic E-state index is 13.4. The smallest absolute Gasteiger partial charge is 0.355 e. The van der Waals surface area contributed by atoms with Crippen LogP contribution < -0.4 is 9.47 Å². The average molecular weight is 452 g/mol. The third-order valence-electron chi connectivity index (χ3n) is 5.61. The number of fused-ring (bicyclic) bond motifs is 1. The predicted octanol–water partition coefficient (Wildman–Crippen LogP) is 4.52. The van der Waals surface area contributed by atoms with E-state index >= 15 is 0 Å². The second-order valence-electron chi connectivity index (χ2n) is 7.80. The molecule has 7 nitrogen and oxygen atoms in total. The summed E-state index contributed by atoms with van der Waals surface area (Å²) in [5, 5.41) is 0. The van der Waals surface area contributed by atoms with E-state index in [1.54, 1.807) is 11.8 Å². The number of aromatic nitrogens is 1. The molecule has 8 heteroatoms. The average Bonchev–Trinajstić information content (AvgIpc) is 3.38. The van der Waals surface area contributed by atoms with Gasteiger partial charge in [0.15, 0.2) is 11.5 Å². The van der Waals surface area contributed by atoms with Crippen LogP contribution in [-0.2, 0) is 17.8 Å². The Bertz CT molecular complexity index is 1190. The Morgan fingerprint density at radius 2 is 1.79 bits per heavy atom. The number of esters is 1. The number of hydrogen-bond acceptors (Lipinski definition) is 5. The third-order valence-corrected chi connectivity index (χ3v) is 5.61. The number of nitrogens with one attached hydrogen (secondary N) is 1. The van der Waals surface area contributed by atoms with Gasteiger partial charge < -0.3 is 24.1 Å². The number of H-pyrrole nitrogens is 1. The standard InChI is InChI=1S/C25H25FN2O5/c1-4-31-25(30)23-15(2)20(16(3)27-23)13-28(24(29)18-6-8-19(26)9-7-18)12-17-5-10-21-22(11-17)33-14-32-21/h5-11,27H,4,12-14H2,1-3H3. The van der Waals surface area contributed by atoms with Crippen LogP contribution in [0.4, 0.5) is 4.39 Å². The molecule has 0 fully saturated rings. The van der Waals surface area contributed by atoms with Gasteiger partial charge in [0.25, 0.3) is 5.91 Å². The Hall–Kier alpha value is -3.81. The summed E-state index contributed by atoms with van der Waals surface area (Å²) < 4.78 is 29.4. The van der Waals surface area contributed by atoms with Crippen LogP contribution in [0.2, 0.25) is 0 Å². The molecule has 172 valence electrons. The van der Waals surface area contributed by atoms with Crippen molar-refractivity contribution in [1.82, 2.24) is 9.88 Å². The van der Waals surface area contributed by atoms with E-state index in [1.165, 1.54) is 24.3 Å². The van der Waals surface area contributed by atoms with E-state index < -0.39 is 11.8 Å². The summed E-state index contributed by atoms with van der Waals surface area (Å²) in [6, 6.07) is 11.0. The van der Waals surface area contributed by atoms with Crippen molar-refractivity contribution in [1.29, 1.82) is 0 Å². The highest BCUT2D eigenvalue weighted by molar-refractivity contribution is 5.94. The highest BCUT2D eigenvalue weighted by atomic mass is 19.1. The molecule has 4 rings (SSSR count). The Labute approximate surface area is 191 Å². The topological polar surface area (TPSA) is 80.9 Å². The second kappa shape index (κ2) is 9.36. The Kier molecular flexibility index (Phi) is 6.35. The van der Waals surface area contributed by atoms with Gasteiger partial charge in [0, 0.05) is 24.3 Å². The number of rotatable bonds is 7. The highest BCUT2D eigenvalue weighted by Gasteiger charge is 2.24. The zero-order chi connectivity index (χ0) is 23.5. The molecule has 2 aromatic carbocycles. The van der Waals surface area contributed by atoms with Gasteiger partial charge in [-0.25, -0.2) is 9.18 Å². The lowest BCUT2D eigenvalue weighted by atomic mass is 10.1. The van der Waals surface area contributed by atoms with E-state index in [9.17, 15) is 14.0 Å². The normalized spacial score (nSPS) is 12.0. The van der Waals surface area contributed by atoms with Crippen LogP contribution in [0.5, 0.6) is 11.5 Å². The molecule has 1 aromatic heterocycles. The molecule has 2 heterocycles. The number of amides is 1. The van der Waals surface area contributed by atoms with Crippen molar-refractivity contribution in [2.75, 3.05) is 13.4 Å². The number of halogens is 1. The Morgan fingerprint density at radius 1 is 1.06 bits per heavy atom. The van der Waals surface area contributed by atoms with Crippen molar-refractivity contribution in [3.63, 3.8) is 0 Å². The highest BCUT2D eigenvalue weighted by Crippen LogP contribution is 2.33. The molecular weight excluding hydrogens is 427 g/mol. The van der Waals surface area contributed by atoms with Gasteiger partial charge in [-0.3, -0.25) is 4.79 Å². The first-order chi connectivity index (χ1) is 15.9. The predicted molar refractivity (Wildman–Crippen MR) is 119 cm³/mol. The van der Waals surface area contributed by atoms with Crippen LogP contribution in [0.15, 0.2) is 42.5 Å². The molecule has 0 atom stereocenters. The van der Waals surface area contributed by atoms with Gasteiger partial charge in [0.2, 0.25) is 6.79 Å². The summed E-state index contributed by atoms with van der Waals surface area (Å²) in [4.78, 5) is 30.5. The third kappa shape index (κ3) is 4.69. The quantitative estimate of drug-likeness (QED) is 0.533. The van der Waals surface area contributed by atoms with Gasteiger partial charge >= 0.3 is 5.97 Å². The molecule has 1 amide bonds. The van der Waals surface area contributed by atoms with E-state index in [4.69, 9.17) is 14.2 Å². The fourth-order valence-electron chi connectivity index (χ4n) is 3.86. The van der Waals surface area contributed by atoms with Crippen molar-refractivity contribution < 1.29 is 28.2 Å². The van der Waals surface area contributed by atoms with Gasteiger partial charge in [-0.1, -0.05) is 6.07 Å². The first-order valence-electron chi connectivity index (χ1n) is 10.7. The van der Waals surface area contributed by atoms with Crippen LogP contribution in [0.25, 0.3) is 0 Å². The molecule has 1 N–H and O–H groups in total.